The summed E-state index contributed by atoms with van der Waals surface area (Å²) < 4.78 is 1.97. The molecule has 0 fully saturated rings. The van der Waals surface area contributed by atoms with E-state index in [9.17, 15) is 0 Å². The number of benzene rings is 2. The van der Waals surface area contributed by atoms with Crippen molar-refractivity contribution in [3.05, 3.63) is 71.5 Å². The third kappa shape index (κ3) is 3.46. The van der Waals surface area contributed by atoms with Gasteiger partial charge in [0.1, 0.15) is 0 Å². The number of hydrogen-bond donors (Lipinski definition) is 0. The fourth-order valence-electron chi connectivity index (χ4n) is 3.56. The molecular weight excluding hydrogens is 316 g/mol. The first kappa shape index (κ1) is 18.4. The molecule has 2 aromatic carbocycles. The van der Waals surface area contributed by atoms with Gasteiger partial charge >= 0.3 is 0 Å². The number of hydrogen-bond acceptors (Lipinski definition) is 1. The summed E-state index contributed by atoms with van der Waals surface area (Å²) in [4.78, 5) is 0. The fraction of sp³-hybridized carbons (Fsp3) is 0.375. The molecule has 0 aliphatic rings. The van der Waals surface area contributed by atoms with Crippen molar-refractivity contribution < 1.29 is 0 Å². The molecule has 0 saturated carbocycles. The fourth-order valence-corrected chi connectivity index (χ4v) is 3.56. The Balaban J connectivity index is 2.35. The van der Waals surface area contributed by atoms with Gasteiger partial charge in [0.2, 0.25) is 0 Å². The van der Waals surface area contributed by atoms with Crippen molar-refractivity contribution in [1.82, 2.24) is 9.78 Å². The molecule has 0 aliphatic carbocycles. The maximum absolute atomic E-state index is 4.48. The van der Waals surface area contributed by atoms with Gasteiger partial charge in [0, 0.05) is 18.0 Å². The van der Waals surface area contributed by atoms with Gasteiger partial charge in [-0.05, 0) is 52.1 Å². The van der Waals surface area contributed by atoms with Gasteiger partial charge in [-0.3, -0.25) is 0 Å². The van der Waals surface area contributed by atoms with Crippen LogP contribution in [0.3, 0.4) is 0 Å². The lowest BCUT2D eigenvalue weighted by molar-refractivity contribution is 0.806. The lowest BCUT2D eigenvalue weighted by Crippen LogP contribution is -2.06. The SMILES string of the molecule is CC(C)c1cc(C(C)C)c(-c2ccccc2-n2cccn2)c(C(C)C)c1. The van der Waals surface area contributed by atoms with Crippen molar-refractivity contribution >= 4 is 0 Å². The van der Waals surface area contributed by atoms with Gasteiger partial charge in [-0.25, -0.2) is 4.68 Å². The Bertz CT molecular complexity index is 842. The average molecular weight is 347 g/mol. The maximum atomic E-state index is 4.48. The van der Waals surface area contributed by atoms with Gasteiger partial charge in [0.25, 0.3) is 0 Å². The lowest BCUT2D eigenvalue weighted by atomic mass is 9.81. The minimum atomic E-state index is 0.465. The molecule has 0 spiro atoms. The Hall–Kier alpha value is -2.35. The van der Waals surface area contributed by atoms with E-state index in [1.54, 1.807) is 0 Å². The van der Waals surface area contributed by atoms with Crippen molar-refractivity contribution in [3.63, 3.8) is 0 Å². The zero-order valence-corrected chi connectivity index (χ0v) is 16.8. The van der Waals surface area contributed by atoms with Crippen molar-refractivity contribution in [1.29, 1.82) is 0 Å². The third-order valence-electron chi connectivity index (χ3n) is 5.06. The molecule has 2 heteroatoms. The molecule has 1 heterocycles. The van der Waals surface area contributed by atoms with Gasteiger partial charge in [0.15, 0.2) is 0 Å². The zero-order valence-electron chi connectivity index (χ0n) is 16.8. The second-order valence-electron chi connectivity index (χ2n) is 8.01. The van der Waals surface area contributed by atoms with E-state index in [0.717, 1.165) is 5.69 Å². The Kier molecular flexibility index (Phi) is 5.31. The number of para-hydroxylation sites is 1. The van der Waals surface area contributed by atoms with Gasteiger partial charge in [-0.2, -0.15) is 5.10 Å². The van der Waals surface area contributed by atoms with Crippen LogP contribution in [0.1, 0.15) is 76.0 Å². The summed E-state index contributed by atoms with van der Waals surface area (Å²) in [5, 5.41) is 4.48. The number of aromatic nitrogens is 2. The highest BCUT2D eigenvalue weighted by Crippen LogP contribution is 2.40. The van der Waals surface area contributed by atoms with E-state index in [2.05, 4.69) is 83.0 Å². The van der Waals surface area contributed by atoms with E-state index in [4.69, 9.17) is 0 Å². The standard InChI is InChI=1S/C24H30N2/c1-16(2)19-14-21(17(3)4)24(22(15-19)18(5)6)20-10-7-8-11-23(20)26-13-9-12-25-26/h7-18H,1-6H3. The summed E-state index contributed by atoms with van der Waals surface area (Å²) in [6.45, 7) is 13.7. The predicted octanol–water partition coefficient (Wildman–Crippen LogP) is 6.91. The highest BCUT2D eigenvalue weighted by atomic mass is 15.3. The van der Waals surface area contributed by atoms with Crippen molar-refractivity contribution in [2.24, 2.45) is 0 Å². The van der Waals surface area contributed by atoms with Gasteiger partial charge in [-0.1, -0.05) is 71.9 Å². The molecule has 0 amide bonds. The van der Waals surface area contributed by atoms with E-state index in [1.165, 1.54) is 27.8 Å². The van der Waals surface area contributed by atoms with Crippen molar-refractivity contribution in [3.8, 4) is 16.8 Å². The molecule has 0 radical (unpaired) electrons. The highest BCUT2D eigenvalue weighted by Gasteiger charge is 2.20. The molecule has 0 atom stereocenters. The molecule has 26 heavy (non-hydrogen) atoms. The molecule has 3 aromatic rings. The summed E-state index contributed by atoms with van der Waals surface area (Å²) in [5.41, 5.74) is 8.07. The molecule has 0 bridgehead atoms. The van der Waals surface area contributed by atoms with Crippen LogP contribution in [-0.4, -0.2) is 9.78 Å². The van der Waals surface area contributed by atoms with E-state index in [-0.39, 0.29) is 0 Å². The van der Waals surface area contributed by atoms with E-state index in [0.29, 0.717) is 17.8 Å². The lowest BCUT2D eigenvalue weighted by Gasteiger charge is -2.24. The van der Waals surface area contributed by atoms with Crippen LogP contribution >= 0.6 is 0 Å². The predicted molar refractivity (Wildman–Crippen MR) is 111 cm³/mol. The quantitative estimate of drug-likeness (QED) is 0.491. The van der Waals surface area contributed by atoms with Crippen LogP contribution in [0.5, 0.6) is 0 Å². The van der Waals surface area contributed by atoms with Crippen LogP contribution in [0.4, 0.5) is 0 Å². The Morgan fingerprint density at radius 3 is 1.88 bits per heavy atom. The first-order valence-electron chi connectivity index (χ1n) is 9.67. The third-order valence-corrected chi connectivity index (χ3v) is 5.06. The number of rotatable bonds is 5. The van der Waals surface area contributed by atoms with Gasteiger partial charge in [0.05, 0.1) is 5.69 Å². The first-order valence-corrected chi connectivity index (χ1v) is 9.67. The Labute approximate surface area is 157 Å². The largest absolute Gasteiger partial charge is 0.240 e. The monoisotopic (exact) mass is 346 g/mol. The van der Waals surface area contributed by atoms with Crippen LogP contribution in [0, 0.1) is 0 Å². The summed E-state index contributed by atoms with van der Waals surface area (Å²) in [5.74, 6) is 1.46. The topological polar surface area (TPSA) is 17.8 Å². The summed E-state index contributed by atoms with van der Waals surface area (Å²) in [6, 6.07) is 15.4. The van der Waals surface area contributed by atoms with Gasteiger partial charge < -0.3 is 0 Å². The zero-order chi connectivity index (χ0) is 18.8. The van der Waals surface area contributed by atoms with E-state index < -0.39 is 0 Å². The average Bonchev–Trinajstić information content (AvgIpc) is 3.14. The molecule has 136 valence electrons. The summed E-state index contributed by atoms with van der Waals surface area (Å²) in [6.07, 6.45) is 3.86. The minimum absolute atomic E-state index is 0.465. The maximum Gasteiger partial charge on any atom is 0.0724 e. The molecule has 0 unspecified atom stereocenters. The van der Waals surface area contributed by atoms with Crippen LogP contribution in [0.15, 0.2) is 54.9 Å². The van der Waals surface area contributed by atoms with Crippen LogP contribution in [-0.2, 0) is 0 Å². The van der Waals surface area contributed by atoms with Crippen LogP contribution < -0.4 is 0 Å². The first-order chi connectivity index (χ1) is 12.4. The molecule has 0 N–H and O–H groups in total. The Morgan fingerprint density at radius 2 is 1.38 bits per heavy atom. The van der Waals surface area contributed by atoms with Gasteiger partial charge in [-0.15, -0.1) is 0 Å². The second kappa shape index (κ2) is 7.49. The molecule has 2 nitrogen and oxygen atoms in total. The van der Waals surface area contributed by atoms with Crippen LogP contribution in [0.25, 0.3) is 16.8 Å². The van der Waals surface area contributed by atoms with Crippen molar-refractivity contribution in [2.45, 2.75) is 59.3 Å². The highest BCUT2D eigenvalue weighted by molar-refractivity contribution is 5.79. The van der Waals surface area contributed by atoms with Crippen LogP contribution in [0.2, 0.25) is 0 Å². The van der Waals surface area contributed by atoms with E-state index in [1.807, 2.05) is 23.1 Å². The number of nitrogens with zero attached hydrogens (tertiary/aromatic N) is 2. The molecular formula is C24H30N2. The normalized spacial score (nSPS) is 11.7. The smallest absolute Gasteiger partial charge is 0.0724 e. The van der Waals surface area contributed by atoms with E-state index >= 15 is 0 Å². The second-order valence-corrected chi connectivity index (χ2v) is 8.01. The summed E-state index contributed by atoms with van der Waals surface area (Å²) >= 11 is 0. The summed E-state index contributed by atoms with van der Waals surface area (Å²) in [7, 11) is 0. The molecule has 0 aliphatic heterocycles. The minimum Gasteiger partial charge on any atom is -0.240 e. The van der Waals surface area contributed by atoms with Crippen molar-refractivity contribution in [2.75, 3.05) is 0 Å². The Morgan fingerprint density at radius 1 is 0.769 bits per heavy atom. The molecule has 0 saturated heterocycles. The molecule has 3 rings (SSSR count). The molecule has 1 aromatic heterocycles.